The lowest BCUT2D eigenvalue weighted by molar-refractivity contribution is 0.0701. The van der Waals surface area contributed by atoms with E-state index >= 15 is 0 Å². The highest BCUT2D eigenvalue weighted by molar-refractivity contribution is 7.17. The molecule has 0 aromatic carbocycles. The molecule has 0 aliphatic carbocycles. The van der Waals surface area contributed by atoms with Crippen molar-refractivity contribution in [3.63, 3.8) is 0 Å². The number of aryl methyl sites for hydroxylation is 1. The van der Waals surface area contributed by atoms with Crippen molar-refractivity contribution in [2.75, 3.05) is 0 Å². The molecule has 0 aliphatic heterocycles. The summed E-state index contributed by atoms with van der Waals surface area (Å²) in [4.78, 5) is 15.8. The number of carbonyl (C=O) groups is 1. The third kappa shape index (κ3) is 2.28. The molecule has 6 heteroatoms. The van der Waals surface area contributed by atoms with Gasteiger partial charge in [0.15, 0.2) is 0 Å². The number of aromatic carboxylic acids is 1. The molecule has 0 spiro atoms. The Hall–Kier alpha value is -1.69. The maximum absolute atomic E-state index is 11.1. The largest absolute Gasteiger partial charge is 0.477 e. The molecular weight excluding hydrogens is 250 g/mol. The van der Waals surface area contributed by atoms with Crippen LogP contribution in [-0.4, -0.2) is 25.8 Å². The van der Waals surface area contributed by atoms with Crippen molar-refractivity contribution in [2.24, 2.45) is 0 Å². The van der Waals surface area contributed by atoms with Gasteiger partial charge in [-0.05, 0) is 20.3 Å². The molecule has 2 rings (SSSR count). The Morgan fingerprint density at radius 3 is 2.72 bits per heavy atom. The molecule has 0 saturated heterocycles. The van der Waals surface area contributed by atoms with Gasteiger partial charge in [-0.3, -0.25) is 4.68 Å². The SMILES string of the molecule is CCc1nc(-c2cnn(C(C)C)c2)sc1C(=O)O. The maximum Gasteiger partial charge on any atom is 0.347 e. The molecule has 0 atom stereocenters. The Morgan fingerprint density at radius 2 is 2.28 bits per heavy atom. The van der Waals surface area contributed by atoms with Crippen molar-refractivity contribution in [3.8, 4) is 10.6 Å². The van der Waals surface area contributed by atoms with Gasteiger partial charge >= 0.3 is 5.97 Å². The molecule has 0 aliphatic rings. The van der Waals surface area contributed by atoms with Crippen LogP contribution in [-0.2, 0) is 6.42 Å². The predicted molar refractivity (Wildman–Crippen MR) is 70.1 cm³/mol. The molecule has 0 bridgehead atoms. The van der Waals surface area contributed by atoms with Crippen molar-refractivity contribution in [1.82, 2.24) is 14.8 Å². The molecule has 0 saturated carbocycles. The lowest BCUT2D eigenvalue weighted by Gasteiger charge is -2.02. The van der Waals surface area contributed by atoms with Crippen molar-refractivity contribution < 1.29 is 9.90 Å². The van der Waals surface area contributed by atoms with Crippen LogP contribution < -0.4 is 0 Å². The molecule has 5 nitrogen and oxygen atoms in total. The topological polar surface area (TPSA) is 68.0 Å². The van der Waals surface area contributed by atoms with Crippen LogP contribution in [0.1, 0.15) is 42.2 Å². The number of carboxylic acid groups (broad SMARTS) is 1. The number of thiazole rings is 1. The quantitative estimate of drug-likeness (QED) is 0.923. The molecule has 0 amide bonds. The average molecular weight is 265 g/mol. The van der Waals surface area contributed by atoms with Gasteiger partial charge in [0.1, 0.15) is 9.88 Å². The summed E-state index contributed by atoms with van der Waals surface area (Å²) in [7, 11) is 0. The summed E-state index contributed by atoms with van der Waals surface area (Å²) >= 11 is 1.21. The molecule has 0 radical (unpaired) electrons. The summed E-state index contributed by atoms with van der Waals surface area (Å²) in [6.07, 6.45) is 4.24. The third-order valence-electron chi connectivity index (χ3n) is 2.60. The van der Waals surface area contributed by atoms with Crippen molar-refractivity contribution in [3.05, 3.63) is 23.0 Å². The predicted octanol–water partition coefficient (Wildman–Crippen LogP) is 2.85. The first-order valence-electron chi connectivity index (χ1n) is 5.80. The molecule has 1 N–H and O–H groups in total. The zero-order valence-corrected chi connectivity index (χ0v) is 11.4. The molecule has 18 heavy (non-hydrogen) atoms. The van der Waals surface area contributed by atoms with Crippen LogP contribution in [0.4, 0.5) is 0 Å². The van der Waals surface area contributed by atoms with E-state index in [9.17, 15) is 4.79 Å². The van der Waals surface area contributed by atoms with Gasteiger partial charge in [-0.1, -0.05) is 6.92 Å². The summed E-state index contributed by atoms with van der Waals surface area (Å²) in [6, 6.07) is 0.281. The first-order chi connectivity index (χ1) is 8.52. The minimum atomic E-state index is -0.910. The summed E-state index contributed by atoms with van der Waals surface area (Å²) in [5.74, 6) is -0.910. The van der Waals surface area contributed by atoms with Gasteiger partial charge in [0.05, 0.1) is 11.9 Å². The van der Waals surface area contributed by atoms with E-state index in [0.29, 0.717) is 17.0 Å². The van der Waals surface area contributed by atoms with E-state index in [1.54, 1.807) is 6.20 Å². The number of rotatable bonds is 4. The van der Waals surface area contributed by atoms with Crippen LogP contribution in [0.15, 0.2) is 12.4 Å². The number of nitrogens with zero attached hydrogens (tertiary/aromatic N) is 3. The van der Waals surface area contributed by atoms with Gasteiger partial charge in [0.25, 0.3) is 0 Å². The number of carboxylic acids is 1. The van der Waals surface area contributed by atoms with Crippen LogP contribution in [0.2, 0.25) is 0 Å². The van der Waals surface area contributed by atoms with Crippen LogP contribution in [0.25, 0.3) is 10.6 Å². The third-order valence-corrected chi connectivity index (χ3v) is 3.74. The fourth-order valence-electron chi connectivity index (χ4n) is 1.61. The first-order valence-corrected chi connectivity index (χ1v) is 6.62. The Bertz CT molecular complexity index is 572. The zero-order chi connectivity index (χ0) is 13.3. The van der Waals surface area contributed by atoms with E-state index in [1.165, 1.54) is 11.3 Å². The number of hydrogen-bond acceptors (Lipinski definition) is 4. The number of aromatic nitrogens is 3. The van der Waals surface area contributed by atoms with E-state index < -0.39 is 5.97 Å². The van der Waals surface area contributed by atoms with Crippen molar-refractivity contribution in [1.29, 1.82) is 0 Å². The van der Waals surface area contributed by atoms with Gasteiger partial charge in [-0.25, -0.2) is 9.78 Å². The Balaban J connectivity index is 2.41. The Morgan fingerprint density at radius 1 is 1.56 bits per heavy atom. The second-order valence-electron chi connectivity index (χ2n) is 4.26. The second-order valence-corrected chi connectivity index (χ2v) is 5.26. The van der Waals surface area contributed by atoms with E-state index in [2.05, 4.69) is 10.1 Å². The van der Waals surface area contributed by atoms with E-state index in [-0.39, 0.29) is 6.04 Å². The van der Waals surface area contributed by atoms with E-state index in [1.807, 2.05) is 31.6 Å². The average Bonchev–Trinajstić information content (AvgIpc) is 2.95. The van der Waals surface area contributed by atoms with Gasteiger partial charge in [0, 0.05) is 17.8 Å². The standard InChI is InChI=1S/C12H15N3O2S/c1-4-9-10(12(16)17)18-11(14-9)8-5-13-15(6-8)7(2)3/h5-7H,4H2,1-3H3,(H,16,17). The summed E-state index contributed by atoms with van der Waals surface area (Å²) in [5.41, 5.74) is 1.51. The summed E-state index contributed by atoms with van der Waals surface area (Å²) in [5, 5.41) is 14.1. The van der Waals surface area contributed by atoms with Gasteiger partial charge in [-0.15, -0.1) is 11.3 Å². The second kappa shape index (κ2) is 4.89. The van der Waals surface area contributed by atoms with E-state index in [4.69, 9.17) is 5.11 Å². The molecule has 0 unspecified atom stereocenters. The summed E-state index contributed by atoms with van der Waals surface area (Å²) < 4.78 is 1.84. The van der Waals surface area contributed by atoms with Gasteiger partial charge in [0.2, 0.25) is 0 Å². The molecule has 0 fully saturated rings. The molecule has 2 aromatic rings. The Kier molecular flexibility index (Phi) is 3.47. The fourth-order valence-corrected chi connectivity index (χ4v) is 2.58. The highest BCUT2D eigenvalue weighted by Crippen LogP contribution is 2.28. The van der Waals surface area contributed by atoms with Crippen LogP contribution in [0, 0.1) is 0 Å². The normalized spacial score (nSPS) is 11.1. The lowest BCUT2D eigenvalue weighted by Crippen LogP contribution is -1.99. The van der Waals surface area contributed by atoms with Crippen LogP contribution in [0.3, 0.4) is 0 Å². The van der Waals surface area contributed by atoms with Crippen LogP contribution in [0.5, 0.6) is 0 Å². The lowest BCUT2D eigenvalue weighted by atomic mass is 10.3. The minimum Gasteiger partial charge on any atom is -0.477 e. The molecule has 2 aromatic heterocycles. The minimum absolute atomic E-state index is 0.281. The van der Waals surface area contributed by atoms with Gasteiger partial charge < -0.3 is 5.11 Å². The smallest absolute Gasteiger partial charge is 0.347 e. The molecule has 96 valence electrons. The highest BCUT2D eigenvalue weighted by Gasteiger charge is 2.17. The maximum atomic E-state index is 11.1. The monoisotopic (exact) mass is 265 g/mol. The first kappa shape index (κ1) is 12.8. The fraction of sp³-hybridized carbons (Fsp3) is 0.417. The Labute approximate surface area is 109 Å². The summed E-state index contributed by atoms with van der Waals surface area (Å²) in [6.45, 7) is 5.99. The van der Waals surface area contributed by atoms with Crippen molar-refractivity contribution >= 4 is 17.3 Å². The zero-order valence-electron chi connectivity index (χ0n) is 10.5. The molecule has 2 heterocycles. The van der Waals surface area contributed by atoms with Crippen molar-refractivity contribution in [2.45, 2.75) is 33.2 Å². The van der Waals surface area contributed by atoms with E-state index in [0.717, 1.165) is 10.6 Å². The van der Waals surface area contributed by atoms with Gasteiger partial charge in [-0.2, -0.15) is 5.10 Å². The molecular formula is C12H15N3O2S. The highest BCUT2D eigenvalue weighted by atomic mass is 32.1. The number of hydrogen-bond donors (Lipinski definition) is 1. The van der Waals surface area contributed by atoms with Crippen LogP contribution >= 0.6 is 11.3 Å².